The van der Waals surface area contributed by atoms with Crippen LogP contribution in [-0.2, 0) is 16.1 Å². The van der Waals surface area contributed by atoms with Crippen LogP contribution in [0.4, 0.5) is 0 Å². The van der Waals surface area contributed by atoms with Gasteiger partial charge in [-0.25, -0.2) is 0 Å². The van der Waals surface area contributed by atoms with E-state index in [0.29, 0.717) is 11.1 Å². The number of phenols is 1. The van der Waals surface area contributed by atoms with Crippen molar-refractivity contribution in [2.45, 2.75) is 13.5 Å². The van der Waals surface area contributed by atoms with Gasteiger partial charge in [0.05, 0.1) is 11.1 Å². The van der Waals surface area contributed by atoms with Crippen molar-refractivity contribution < 1.29 is 14.6 Å². The van der Waals surface area contributed by atoms with E-state index < -0.39 is 5.97 Å². The van der Waals surface area contributed by atoms with E-state index in [2.05, 4.69) is 4.98 Å². The number of rotatable bonds is 2. The molecule has 1 heterocycles. The average Bonchev–Trinajstić information content (AvgIpc) is 2.26. The van der Waals surface area contributed by atoms with Gasteiger partial charge >= 0.3 is 5.97 Å². The summed E-state index contributed by atoms with van der Waals surface area (Å²) in [4.78, 5) is 24.9. The molecule has 2 N–H and O–H groups in total. The molecule has 88 valence electrons. The van der Waals surface area contributed by atoms with Gasteiger partial charge in [0.25, 0.3) is 5.56 Å². The Bertz CT molecular complexity index is 630. The minimum Gasteiger partial charge on any atom is -0.508 e. The van der Waals surface area contributed by atoms with E-state index in [1.54, 1.807) is 12.1 Å². The number of fused-ring (bicyclic) bond motifs is 1. The van der Waals surface area contributed by atoms with Gasteiger partial charge < -0.3 is 14.8 Å². The van der Waals surface area contributed by atoms with Crippen LogP contribution in [0.5, 0.6) is 5.75 Å². The van der Waals surface area contributed by atoms with E-state index in [4.69, 9.17) is 4.74 Å². The smallest absolute Gasteiger partial charge is 0.302 e. The zero-order chi connectivity index (χ0) is 12.4. The summed E-state index contributed by atoms with van der Waals surface area (Å²) in [6.45, 7) is 1.23. The highest BCUT2D eigenvalue weighted by Gasteiger charge is 2.05. The molecule has 17 heavy (non-hydrogen) atoms. The second-order valence-electron chi connectivity index (χ2n) is 3.68. The summed E-state index contributed by atoms with van der Waals surface area (Å²) in [5, 5.41) is 10.0. The van der Waals surface area contributed by atoms with Crippen molar-refractivity contribution in [3.05, 3.63) is 40.2 Å². The maximum atomic E-state index is 11.6. The van der Waals surface area contributed by atoms with Crippen LogP contribution in [-0.4, -0.2) is 16.1 Å². The lowest BCUT2D eigenvalue weighted by molar-refractivity contribution is -0.142. The first-order valence-corrected chi connectivity index (χ1v) is 5.04. The Kier molecular flexibility index (Phi) is 2.82. The molecule has 0 unspecified atom stereocenters. The Morgan fingerprint density at radius 2 is 2.18 bits per heavy atom. The van der Waals surface area contributed by atoms with Crippen LogP contribution in [0.25, 0.3) is 10.9 Å². The van der Waals surface area contributed by atoms with Crippen molar-refractivity contribution in [2.24, 2.45) is 0 Å². The number of esters is 1. The Labute approximate surface area is 96.7 Å². The fourth-order valence-electron chi connectivity index (χ4n) is 1.52. The average molecular weight is 233 g/mol. The van der Waals surface area contributed by atoms with Crippen LogP contribution in [0.15, 0.2) is 29.1 Å². The van der Waals surface area contributed by atoms with E-state index in [-0.39, 0.29) is 17.9 Å². The van der Waals surface area contributed by atoms with Crippen LogP contribution in [0, 0.1) is 0 Å². The fourth-order valence-corrected chi connectivity index (χ4v) is 1.52. The maximum Gasteiger partial charge on any atom is 0.302 e. The first-order chi connectivity index (χ1) is 8.06. The number of aromatic amines is 1. The van der Waals surface area contributed by atoms with Crippen LogP contribution >= 0.6 is 0 Å². The number of aromatic hydroxyl groups is 1. The summed E-state index contributed by atoms with van der Waals surface area (Å²) < 4.78 is 4.77. The first-order valence-electron chi connectivity index (χ1n) is 5.04. The van der Waals surface area contributed by atoms with Gasteiger partial charge in [-0.05, 0) is 23.6 Å². The van der Waals surface area contributed by atoms with E-state index in [1.165, 1.54) is 19.1 Å². The Balaban J connectivity index is 2.45. The third-order valence-electron chi connectivity index (χ3n) is 2.34. The zero-order valence-corrected chi connectivity index (χ0v) is 9.19. The van der Waals surface area contributed by atoms with Crippen molar-refractivity contribution in [3.8, 4) is 5.75 Å². The minimum atomic E-state index is -0.435. The van der Waals surface area contributed by atoms with Crippen molar-refractivity contribution >= 4 is 16.9 Å². The maximum absolute atomic E-state index is 11.6. The second kappa shape index (κ2) is 4.29. The lowest BCUT2D eigenvalue weighted by Crippen LogP contribution is -2.14. The van der Waals surface area contributed by atoms with Crippen molar-refractivity contribution in [1.29, 1.82) is 0 Å². The van der Waals surface area contributed by atoms with Gasteiger partial charge in [-0.2, -0.15) is 0 Å². The molecule has 0 radical (unpaired) electrons. The van der Waals surface area contributed by atoms with Crippen molar-refractivity contribution in [2.75, 3.05) is 0 Å². The molecule has 1 aromatic carbocycles. The Morgan fingerprint density at radius 3 is 2.88 bits per heavy atom. The molecule has 1 aromatic heterocycles. The minimum absolute atomic E-state index is 0.0541. The molecule has 0 fully saturated rings. The summed E-state index contributed by atoms with van der Waals surface area (Å²) in [7, 11) is 0. The molecule has 0 saturated carbocycles. The summed E-state index contributed by atoms with van der Waals surface area (Å²) >= 11 is 0. The van der Waals surface area contributed by atoms with E-state index in [0.717, 1.165) is 5.39 Å². The lowest BCUT2D eigenvalue weighted by Gasteiger charge is -2.04. The highest BCUT2D eigenvalue weighted by molar-refractivity contribution is 5.80. The predicted molar refractivity (Wildman–Crippen MR) is 61.7 cm³/mol. The molecule has 0 atom stereocenters. The number of hydrogen-bond acceptors (Lipinski definition) is 4. The van der Waals surface area contributed by atoms with Gasteiger partial charge in [-0.3, -0.25) is 9.59 Å². The molecule has 0 bridgehead atoms. The van der Waals surface area contributed by atoms with Crippen LogP contribution in [0.1, 0.15) is 12.5 Å². The molecule has 0 saturated heterocycles. The molecule has 0 aliphatic rings. The summed E-state index contributed by atoms with van der Waals surface area (Å²) in [5.41, 5.74) is 0.587. The summed E-state index contributed by atoms with van der Waals surface area (Å²) in [6, 6.07) is 6.30. The fraction of sp³-hybridized carbons (Fsp3) is 0.167. The number of carbonyl (C=O) groups is 1. The zero-order valence-electron chi connectivity index (χ0n) is 9.19. The third kappa shape index (κ3) is 2.44. The molecule has 0 aliphatic carbocycles. The number of hydrogen-bond donors (Lipinski definition) is 2. The number of pyridine rings is 1. The number of aromatic nitrogens is 1. The van der Waals surface area contributed by atoms with Crippen molar-refractivity contribution in [3.63, 3.8) is 0 Å². The second-order valence-corrected chi connectivity index (χ2v) is 3.68. The molecule has 5 heteroatoms. The van der Waals surface area contributed by atoms with Gasteiger partial charge in [-0.15, -0.1) is 0 Å². The first kappa shape index (κ1) is 11.2. The molecular formula is C12H11NO4. The highest BCUT2D eigenvalue weighted by atomic mass is 16.5. The van der Waals surface area contributed by atoms with Gasteiger partial charge in [0.15, 0.2) is 0 Å². The molecule has 0 spiro atoms. The molecule has 0 aliphatic heterocycles. The van der Waals surface area contributed by atoms with Gasteiger partial charge in [0.2, 0.25) is 0 Å². The number of benzene rings is 1. The van der Waals surface area contributed by atoms with E-state index in [1.807, 2.05) is 0 Å². The van der Waals surface area contributed by atoms with Crippen LogP contribution < -0.4 is 5.56 Å². The van der Waals surface area contributed by atoms with Gasteiger partial charge in [-0.1, -0.05) is 0 Å². The normalized spacial score (nSPS) is 10.4. The Morgan fingerprint density at radius 1 is 1.41 bits per heavy atom. The number of H-pyrrole nitrogens is 1. The topological polar surface area (TPSA) is 79.4 Å². The number of carbonyl (C=O) groups excluding carboxylic acids is 1. The monoisotopic (exact) mass is 233 g/mol. The number of ether oxygens (including phenoxy) is 1. The van der Waals surface area contributed by atoms with E-state index in [9.17, 15) is 14.7 Å². The van der Waals surface area contributed by atoms with Crippen LogP contribution in [0.2, 0.25) is 0 Å². The molecule has 5 nitrogen and oxygen atoms in total. The molecular weight excluding hydrogens is 222 g/mol. The number of phenolic OH excluding ortho intramolecular Hbond substituents is 1. The largest absolute Gasteiger partial charge is 0.508 e. The predicted octanol–water partition coefficient (Wildman–Crippen LogP) is 1.30. The molecule has 0 amide bonds. The summed E-state index contributed by atoms with van der Waals surface area (Å²) in [6.07, 6.45) is 0. The highest BCUT2D eigenvalue weighted by Crippen LogP contribution is 2.17. The Hall–Kier alpha value is -2.30. The SMILES string of the molecule is CC(=O)OCc1cc2ccc(O)cc2[nH]c1=O. The van der Waals surface area contributed by atoms with E-state index >= 15 is 0 Å². The summed E-state index contributed by atoms with van der Waals surface area (Å²) in [5.74, 6) is -0.351. The van der Waals surface area contributed by atoms with Crippen molar-refractivity contribution in [1.82, 2.24) is 4.98 Å². The van der Waals surface area contributed by atoms with Gasteiger partial charge in [0.1, 0.15) is 12.4 Å². The number of nitrogens with one attached hydrogen (secondary N) is 1. The lowest BCUT2D eigenvalue weighted by atomic mass is 10.1. The molecule has 2 aromatic rings. The quantitative estimate of drug-likeness (QED) is 0.766. The molecule has 2 rings (SSSR count). The third-order valence-corrected chi connectivity index (χ3v) is 2.34. The van der Waals surface area contributed by atoms with Crippen LogP contribution in [0.3, 0.4) is 0 Å². The van der Waals surface area contributed by atoms with Gasteiger partial charge in [0, 0.05) is 13.0 Å². The standard InChI is InChI=1S/C12H11NO4/c1-7(14)17-6-9-4-8-2-3-10(15)5-11(8)13-12(9)16/h2-5,15H,6H2,1H3,(H,13,16).